The Hall–Kier alpha value is -0.500. The van der Waals surface area contributed by atoms with Gasteiger partial charge >= 0.3 is 0 Å². The fraction of sp³-hybridized carbons (Fsp3) is 0.571. The highest BCUT2D eigenvalue weighted by Gasteiger charge is 2.01. The van der Waals surface area contributed by atoms with Gasteiger partial charge in [-0.1, -0.05) is 5.57 Å². The zero-order chi connectivity index (χ0) is 8.15. The van der Waals surface area contributed by atoms with Crippen LogP contribution in [0.1, 0.15) is 13.8 Å². The van der Waals surface area contributed by atoms with Gasteiger partial charge in [-0.25, -0.2) is 0 Å². The Kier molecular flexibility index (Phi) is 4.12. The van der Waals surface area contributed by atoms with Crippen LogP contribution in [0.2, 0.25) is 0 Å². The smallest absolute Gasteiger partial charge is 0.241 e. The quantitative estimate of drug-likeness (QED) is 0.564. The number of hydrogen-bond acceptors (Lipinski definition) is 1. The molecule has 2 nitrogen and oxygen atoms in total. The van der Waals surface area contributed by atoms with Gasteiger partial charge < -0.3 is 4.90 Å². The fourth-order valence-corrected chi connectivity index (χ4v) is 0.742. The highest BCUT2D eigenvalue weighted by molar-refractivity contribution is 6.27. The van der Waals surface area contributed by atoms with Gasteiger partial charge in [-0.15, -0.1) is 11.6 Å². The number of hydrogen-bond donors (Lipinski definition) is 0. The van der Waals surface area contributed by atoms with Crippen molar-refractivity contribution < 1.29 is 4.79 Å². The third-order valence-electron chi connectivity index (χ3n) is 0.960. The van der Waals surface area contributed by atoms with Crippen LogP contribution in [-0.2, 0) is 4.79 Å². The number of amides is 1. The van der Waals surface area contributed by atoms with E-state index in [0.29, 0.717) is 0 Å². The summed E-state index contributed by atoms with van der Waals surface area (Å²) in [6, 6.07) is 0. The molecule has 0 aromatic carbocycles. The topological polar surface area (TPSA) is 20.3 Å². The molecule has 0 saturated heterocycles. The molecule has 0 radical (unpaired) electrons. The Morgan fingerprint density at radius 1 is 1.60 bits per heavy atom. The number of allylic oxidation sites excluding steroid dienone is 1. The number of carbonyl (C=O) groups is 1. The number of rotatable bonds is 2. The van der Waals surface area contributed by atoms with Gasteiger partial charge in [0.2, 0.25) is 5.91 Å². The van der Waals surface area contributed by atoms with Crippen molar-refractivity contribution in [2.75, 3.05) is 12.9 Å². The van der Waals surface area contributed by atoms with E-state index in [1.807, 2.05) is 13.8 Å². The summed E-state index contributed by atoms with van der Waals surface area (Å²) in [4.78, 5) is 12.3. The maximum absolute atomic E-state index is 10.8. The second-order valence-electron chi connectivity index (χ2n) is 2.34. The van der Waals surface area contributed by atoms with Gasteiger partial charge in [-0.2, -0.15) is 0 Å². The summed E-state index contributed by atoms with van der Waals surface area (Å²) >= 11 is 5.31. The molecule has 0 aromatic heterocycles. The van der Waals surface area contributed by atoms with E-state index in [4.69, 9.17) is 11.6 Å². The molecule has 0 fully saturated rings. The van der Waals surface area contributed by atoms with E-state index < -0.39 is 0 Å². The van der Waals surface area contributed by atoms with E-state index in [1.54, 1.807) is 13.2 Å². The highest BCUT2D eigenvalue weighted by Crippen LogP contribution is 1.94. The normalized spacial score (nSPS) is 8.80. The second kappa shape index (κ2) is 4.34. The molecular weight excluding hydrogens is 150 g/mol. The lowest BCUT2D eigenvalue weighted by molar-refractivity contribution is -0.124. The van der Waals surface area contributed by atoms with Gasteiger partial charge in [0.15, 0.2) is 0 Å². The van der Waals surface area contributed by atoms with Crippen molar-refractivity contribution in [1.29, 1.82) is 0 Å². The Bertz CT molecular complexity index is 150. The average Bonchev–Trinajstić information content (AvgIpc) is 1.85. The molecule has 0 aliphatic rings. The maximum atomic E-state index is 10.8. The first-order chi connectivity index (χ1) is 4.57. The van der Waals surface area contributed by atoms with E-state index >= 15 is 0 Å². The lowest BCUT2D eigenvalue weighted by atomic mass is 10.4. The summed E-state index contributed by atoms with van der Waals surface area (Å²) in [5.41, 5.74) is 1.08. The van der Waals surface area contributed by atoms with E-state index in [-0.39, 0.29) is 11.8 Å². The van der Waals surface area contributed by atoms with Crippen molar-refractivity contribution in [3.05, 3.63) is 11.8 Å². The van der Waals surface area contributed by atoms with Crippen LogP contribution in [0, 0.1) is 0 Å². The van der Waals surface area contributed by atoms with Gasteiger partial charge in [0.1, 0.15) is 5.88 Å². The molecule has 0 spiro atoms. The summed E-state index contributed by atoms with van der Waals surface area (Å²) < 4.78 is 0. The first-order valence-corrected chi connectivity index (χ1v) is 3.58. The van der Waals surface area contributed by atoms with Crippen molar-refractivity contribution in [3.8, 4) is 0 Å². The second-order valence-corrected chi connectivity index (χ2v) is 2.61. The molecule has 0 unspecified atom stereocenters. The van der Waals surface area contributed by atoms with Crippen LogP contribution in [0.15, 0.2) is 11.8 Å². The molecule has 0 saturated carbocycles. The van der Waals surface area contributed by atoms with Crippen LogP contribution in [0.25, 0.3) is 0 Å². The lowest BCUT2D eigenvalue weighted by Gasteiger charge is -2.09. The monoisotopic (exact) mass is 161 g/mol. The molecule has 0 N–H and O–H groups in total. The SMILES string of the molecule is CC(C)=CN(C)C(=O)CCl. The number of alkyl halides is 1. The van der Waals surface area contributed by atoms with Gasteiger partial charge in [0, 0.05) is 13.2 Å². The largest absolute Gasteiger partial charge is 0.321 e. The van der Waals surface area contributed by atoms with Crippen molar-refractivity contribution in [3.63, 3.8) is 0 Å². The van der Waals surface area contributed by atoms with Crippen LogP contribution in [0.4, 0.5) is 0 Å². The third-order valence-corrected chi connectivity index (χ3v) is 1.19. The first kappa shape index (κ1) is 9.50. The van der Waals surface area contributed by atoms with Crippen molar-refractivity contribution in [2.24, 2.45) is 0 Å². The molecular formula is C7H12ClNO. The number of halogens is 1. The summed E-state index contributed by atoms with van der Waals surface area (Å²) in [6.07, 6.45) is 1.75. The van der Waals surface area contributed by atoms with E-state index in [0.717, 1.165) is 5.57 Å². The number of carbonyl (C=O) groups excluding carboxylic acids is 1. The maximum Gasteiger partial charge on any atom is 0.241 e. The first-order valence-electron chi connectivity index (χ1n) is 3.04. The van der Waals surface area contributed by atoms with Gasteiger partial charge in [0.05, 0.1) is 0 Å². The molecule has 1 amide bonds. The van der Waals surface area contributed by atoms with Crippen LogP contribution in [-0.4, -0.2) is 23.7 Å². The van der Waals surface area contributed by atoms with Crippen molar-refractivity contribution in [1.82, 2.24) is 4.90 Å². The predicted molar refractivity (Wildman–Crippen MR) is 42.9 cm³/mol. The standard InChI is InChI=1S/C7H12ClNO/c1-6(2)5-9(3)7(10)4-8/h5H,4H2,1-3H3. The average molecular weight is 162 g/mol. The minimum absolute atomic E-state index is 0.0419. The minimum atomic E-state index is -0.0807. The fourth-order valence-electron chi connectivity index (χ4n) is 0.554. The summed E-state index contributed by atoms with van der Waals surface area (Å²) in [5, 5.41) is 0. The Morgan fingerprint density at radius 2 is 2.10 bits per heavy atom. The van der Waals surface area contributed by atoms with Gasteiger partial charge in [-0.05, 0) is 13.8 Å². The van der Waals surface area contributed by atoms with Gasteiger partial charge in [-0.3, -0.25) is 4.79 Å². The molecule has 3 heteroatoms. The number of nitrogens with zero attached hydrogens (tertiary/aromatic N) is 1. The molecule has 0 aliphatic heterocycles. The van der Waals surface area contributed by atoms with Gasteiger partial charge in [0.25, 0.3) is 0 Å². The summed E-state index contributed by atoms with van der Waals surface area (Å²) in [7, 11) is 1.69. The van der Waals surface area contributed by atoms with Crippen molar-refractivity contribution >= 4 is 17.5 Å². The molecule has 0 aromatic rings. The Balaban J connectivity index is 3.96. The molecule has 10 heavy (non-hydrogen) atoms. The lowest BCUT2D eigenvalue weighted by Crippen LogP contribution is -2.22. The van der Waals surface area contributed by atoms with E-state index in [1.165, 1.54) is 4.90 Å². The molecule has 0 rings (SSSR count). The predicted octanol–water partition coefficient (Wildman–Crippen LogP) is 1.61. The zero-order valence-electron chi connectivity index (χ0n) is 6.52. The Morgan fingerprint density at radius 3 is 2.40 bits per heavy atom. The third kappa shape index (κ3) is 3.51. The molecule has 0 heterocycles. The molecule has 0 bridgehead atoms. The molecule has 0 atom stereocenters. The van der Waals surface area contributed by atoms with E-state index in [2.05, 4.69) is 0 Å². The minimum Gasteiger partial charge on any atom is -0.321 e. The highest BCUT2D eigenvalue weighted by atomic mass is 35.5. The zero-order valence-corrected chi connectivity index (χ0v) is 7.27. The van der Waals surface area contributed by atoms with Crippen LogP contribution < -0.4 is 0 Å². The van der Waals surface area contributed by atoms with Crippen LogP contribution in [0.3, 0.4) is 0 Å². The molecule has 0 aliphatic carbocycles. The molecule has 58 valence electrons. The van der Waals surface area contributed by atoms with Crippen LogP contribution in [0.5, 0.6) is 0 Å². The summed E-state index contributed by atoms with van der Waals surface area (Å²) in [6.45, 7) is 3.86. The Labute approximate surface area is 66.5 Å². The summed E-state index contributed by atoms with van der Waals surface area (Å²) in [5.74, 6) is -0.0387. The van der Waals surface area contributed by atoms with E-state index in [9.17, 15) is 4.79 Å². The van der Waals surface area contributed by atoms with Crippen LogP contribution >= 0.6 is 11.6 Å². The van der Waals surface area contributed by atoms with Crippen molar-refractivity contribution in [2.45, 2.75) is 13.8 Å².